The number of benzene rings is 1. The lowest BCUT2D eigenvalue weighted by molar-refractivity contribution is 0.303. The molecular formula is C9H10FNO2. The van der Waals surface area contributed by atoms with Crippen molar-refractivity contribution in [3.63, 3.8) is 0 Å². The molecule has 2 rings (SSSR count). The Morgan fingerprint density at radius 2 is 2.38 bits per heavy atom. The Morgan fingerprint density at radius 3 is 3.08 bits per heavy atom. The molecule has 2 N–H and O–H groups in total. The second kappa shape index (κ2) is 2.88. The molecule has 0 aromatic heterocycles. The van der Waals surface area contributed by atoms with Crippen molar-refractivity contribution < 1.29 is 13.9 Å². The van der Waals surface area contributed by atoms with Crippen LogP contribution in [-0.2, 0) is 0 Å². The third-order valence-corrected chi connectivity index (χ3v) is 2.11. The smallest absolute Gasteiger partial charge is 0.197 e. The van der Waals surface area contributed by atoms with Gasteiger partial charge in [-0.3, -0.25) is 0 Å². The van der Waals surface area contributed by atoms with E-state index in [-0.39, 0.29) is 11.8 Å². The third kappa shape index (κ3) is 1.14. The van der Waals surface area contributed by atoms with E-state index in [0.29, 0.717) is 12.4 Å². The Balaban J connectivity index is 2.57. The fourth-order valence-corrected chi connectivity index (χ4v) is 1.45. The number of fused-ring (bicyclic) bond motifs is 1. The number of rotatable bonds is 1. The summed E-state index contributed by atoms with van der Waals surface area (Å²) < 4.78 is 23.2. The molecule has 1 aliphatic rings. The summed E-state index contributed by atoms with van der Waals surface area (Å²) in [5.74, 6) is 0.163. The van der Waals surface area contributed by atoms with Crippen molar-refractivity contribution in [2.75, 3.05) is 13.7 Å². The standard InChI is InChI=1S/C9H10FNO2/c1-12-9-6(10)3-2-5-7(11)4-13-8(5)9/h2-3,7H,4,11H2,1H3/t7-/m1/s1. The van der Waals surface area contributed by atoms with E-state index in [1.54, 1.807) is 6.07 Å². The SMILES string of the molecule is COc1c(F)ccc2c1OC[C@H]2N. The largest absolute Gasteiger partial charge is 0.490 e. The molecule has 0 saturated carbocycles. The van der Waals surface area contributed by atoms with Crippen LogP contribution in [0.4, 0.5) is 4.39 Å². The number of ether oxygens (including phenoxy) is 2. The first-order valence-electron chi connectivity index (χ1n) is 3.99. The predicted molar refractivity (Wildman–Crippen MR) is 45.4 cm³/mol. The maximum atomic E-state index is 13.1. The van der Waals surface area contributed by atoms with Gasteiger partial charge in [-0.1, -0.05) is 6.07 Å². The summed E-state index contributed by atoms with van der Waals surface area (Å²) in [6, 6.07) is 2.79. The second-order valence-electron chi connectivity index (χ2n) is 2.92. The molecule has 0 spiro atoms. The minimum atomic E-state index is -0.421. The molecule has 0 bridgehead atoms. The highest BCUT2D eigenvalue weighted by molar-refractivity contribution is 5.51. The van der Waals surface area contributed by atoms with Gasteiger partial charge >= 0.3 is 0 Å². The molecule has 4 heteroatoms. The van der Waals surface area contributed by atoms with Crippen LogP contribution in [0.2, 0.25) is 0 Å². The zero-order valence-corrected chi connectivity index (χ0v) is 7.21. The van der Waals surface area contributed by atoms with Crippen molar-refractivity contribution in [2.24, 2.45) is 5.73 Å². The highest BCUT2D eigenvalue weighted by atomic mass is 19.1. The van der Waals surface area contributed by atoms with E-state index in [1.165, 1.54) is 13.2 Å². The second-order valence-corrected chi connectivity index (χ2v) is 2.92. The molecule has 13 heavy (non-hydrogen) atoms. The molecule has 0 amide bonds. The van der Waals surface area contributed by atoms with Gasteiger partial charge in [-0.25, -0.2) is 4.39 Å². The summed E-state index contributed by atoms with van der Waals surface area (Å²) in [7, 11) is 1.41. The van der Waals surface area contributed by atoms with Crippen molar-refractivity contribution in [2.45, 2.75) is 6.04 Å². The van der Waals surface area contributed by atoms with E-state index in [2.05, 4.69) is 0 Å². The quantitative estimate of drug-likeness (QED) is 0.712. The Bertz CT molecular complexity index is 341. The molecule has 0 fully saturated rings. The van der Waals surface area contributed by atoms with Gasteiger partial charge in [0.1, 0.15) is 6.61 Å². The molecule has 0 unspecified atom stereocenters. The van der Waals surface area contributed by atoms with Crippen LogP contribution in [0.3, 0.4) is 0 Å². The highest BCUT2D eigenvalue weighted by Crippen LogP contribution is 2.40. The minimum Gasteiger partial charge on any atom is -0.490 e. The van der Waals surface area contributed by atoms with Crippen LogP contribution in [0.15, 0.2) is 12.1 Å². The van der Waals surface area contributed by atoms with Crippen molar-refractivity contribution in [3.05, 3.63) is 23.5 Å². The first-order chi connectivity index (χ1) is 6.24. The monoisotopic (exact) mass is 183 g/mol. The lowest BCUT2D eigenvalue weighted by Crippen LogP contribution is -2.10. The third-order valence-electron chi connectivity index (χ3n) is 2.11. The van der Waals surface area contributed by atoms with E-state index in [4.69, 9.17) is 15.2 Å². The van der Waals surface area contributed by atoms with Gasteiger partial charge in [0.15, 0.2) is 17.3 Å². The highest BCUT2D eigenvalue weighted by Gasteiger charge is 2.26. The first-order valence-corrected chi connectivity index (χ1v) is 3.99. The molecule has 1 aromatic carbocycles. The molecular weight excluding hydrogens is 173 g/mol. The van der Waals surface area contributed by atoms with Gasteiger partial charge in [-0.2, -0.15) is 0 Å². The van der Waals surface area contributed by atoms with Crippen molar-refractivity contribution in [1.82, 2.24) is 0 Å². The summed E-state index contributed by atoms with van der Waals surface area (Å²) in [5, 5.41) is 0. The van der Waals surface area contributed by atoms with Crippen molar-refractivity contribution in [3.8, 4) is 11.5 Å². The molecule has 1 aromatic rings. The van der Waals surface area contributed by atoms with Crippen LogP contribution in [-0.4, -0.2) is 13.7 Å². The average molecular weight is 183 g/mol. The van der Waals surface area contributed by atoms with Gasteiger partial charge in [-0.05, 0) is 6.07 Å². The van der Waals surface area contributed by atoms with Crippen LogP contribution in [0.5, 0.6) is 11.5 Å². The molecule has 70 valence electrons. The summed E-state index contributed by atoms with van der Waals surface area (Å²) >= 11 is 0. The van der Waals surface area contributed by atoms with Crippen LogP contribution < -0.4 is 15.2 Å². The van der Waals surface area contributed by atoms with E-state index < -0.39 is 5.82 Å². The van der Waals surface area contributed by atoms with Gasteiger partial charge in [0.05, 0.1) is 13.2 Å². The molecule has 0 aliphatic carbocycles. The van der Waals surface area contributed by atoms with Gasteiger partial charge in [0, 0.05) is 5.56 Å². The number of hydrogen-bond acceptors (Lipinski definition) is 3. The molecule has 1 heterocycles. The number of halogens is 1. The van der Waals surface area contributed by atoms with E-state index in [0.717, 1.165) is 5.56 Å². The van der Waals surface area contributed by atoms with Gasteiger partial charge in [0.25, 0.3) is 0 Å². The molecule has 0 radical (unpaired) electrons. The number of hydrogen-bond donors (Lipinski definition) is 1. The maximum Gasteiger partial charge on any atom is 0.197 e. The zero-order valence-electron chi connectivity index (χ0n) is 7.21. The fraction of sp³-hybridized carbons (Fsp3) is 0.333. The summed E-state index contributed by atoms with van der Waals surface area (Å²) in [4.78, 5) is 0. The fourth-order valence-electron chi connectivity index (χ4n) is 1.45. The van der Waals surface area contributed by atoms with E-state index >= 15 is 0 Å². The zero-order chi connectivity index (χ0) is 9.42. The Morgan fingerprint density at radius 1 is 1.62 bits per heavy atom. The van der Waals surface area contributed by atoms with E-state index in [9.17, 15) is 4.39 Å². The number of nitrogens with two attached hydrogens (primary N) is 1. The topological polar surface area (TPSA) is 44.5 Å². The lowest BCUT2D eigenvalue weighted by Gasteiger charge is -2.07. The van der Waals surface area contributed by atoms with Crippen LogP contribution >= 0.6 is 0 Å². The Kier molecular flexibility index (Phi) is 1.84. The Hall–Kier alpha value is -1.29. The normalized spacial score (nSPS) is 19.5. The summed E-state index contributed by atoms with van der Waals surface area (Å²) in [6.07, 6.45) is 0. The first kappa shape index (κ1) is 8.31. The number of methoxy groups -OCH3 is 1. The minimum absolute atomic E-state index is 0.144. The predicted octanol–water partition coefficient (Wildman–Crippen LogP) is 1.23. The summed E-state index contributed by atoms with van der Waals surface area (Å²) in [6.45, 7) is 0.384. The average Bonchev–Trinajstić information content (AvgIpc) is 2.48. The van der Waals surface area contributed by atoms with Crippen LogP contribution in [0.25, 0.3) is 0 Å². The van der Waals surface area contributed by atoms with Crippen LogP contribution in [0.1, 0.15) is 11.6 Å². The van der Waals surface area contributed by atoms with Gasteiger partial charge in [0.2, 0.25) is 0 Å². The summed E-state index contributed by atoms with van der Waals surface area (Å²) in [5.41, 5.74) is 6.52. The van der Waals surface area contributed by atoms with Gasteiger partial charge in [-0.15, -0.1) is 0 Å². The molecule has 0 saturated heterocycles. The van der Waals surface area contributed by atoms with E-state index in [1.807, 2.05) is 0 Å². The Labute approximate surface area is 75.3 Å². The molecule has 1 atom stereocenters. The van der Waals surface area contributed by atoms with Crippen molar-refractivity contribution >= 4 is 0 Å². The molecule has 3 nitrogen and oxygen atoms in total. The van der Waals surface area contributed by atoms with Crippen molar-refractivity contribution in [1.29, 1.82) is 0 Å². The maximum absolute atomic E-state index is 13.1. The lowest BCUT2D eigenvalue weighted by atomic mass is 10.1. The van der Waals surface area contributed by atoms with Crippen LogP contribution in [0, 0.1) is 5.82 Å². The molecule has 1 aliphatic heterocycles. The van der Waals surface area contributed by atoms with Gasteiger partial charge < -0.3 is 15.2 Å².